The molecule has 2 amide bonds. The third kappa shape index (κ3) is 3.93. The monoisotopic (exact) mass is 297 g/mol. The molecule has 2 rings (SSSR count). The van der Waals surface area contributed by atoms with Crippen LogP contribution in [0.1, 0.15) is 42.2 Å². The summed E-state index contributed by atoms with van der Waals surface area (Å²) in [5, 5.41) is 13.7. The van der Waals surface area contributed by atoms with Crippen molar-refractivity contribution in [3.8, 4) is 0 Å². The maximum Gasteiger partial charge on any atom is 0.355 e. The van der Waals surface area contributed by atoms with Crippen molar-refractivity contribution in [2.24, 2.45) is 5.92 Å². The van der Waals surface area contributed by atoms with Crippen LogP contribution in [0.4, 0.5) is 4.79 Å². The summed E-state index contributed by atoms with van der Waals surface area (Å²) in [5.41, 5.74) is 0.0282. The predicted molar refractivity (Wildman–Crippen MR) is 75.9 cm³/mol. The molecule has 7 heteroatoms. The van der Waals surface area contributed by atoms with Gasteiger partial charge in [0.15, 0.2) is 5.69 Å². The number of amides is 2. The highest BCUT2D eigenvalue weighted by molar-refractivity contribution is 7.09. The lowest BCUT2D eigenvalue weighted by Gasteiger charge is -2.24. The van der Waals surface area contributed by atoms with E-state index in [1.807, 2.05) is 4.90 Å². The molecule has 0 atom stereocenters. The topological polar surface area (TPSA) is 82.5 Å². The highest BCUT2D eigenvalue weighted by Gasteiger charge is 2.32. The molecule has 6 nitrogen and oxygen atoms in total. The molecule has 0 aliphatic heterocycles. The Morgan fingerprint density at radius 3 is 2.75 bits per heavy atom. The number of carbonyl (C=O) groups excluding carboxylic acids is 1. The second-order valence-electron chi connectivity index (χ2n) is 5.37. The molecule has 1 heterocycles. The average Bonchev–Trinajstić information content (AvgIpc) is 3.10. The van der Waals surface area contributed by atoms with Gasteiger partial charge in [-0.05, 0) is 18.8 Å². The van der Waals surface area contributed by atoms with Crippen molar-refractivity contribution in [1.82, 2.24) is 15.2 Å². The molecule has 1 saturated carbocycles. The summed E-state index contributed by atoms with van der Waals surface area (Å²) in [6.07, 6.45) is 2.14. The van der Waals surface area contributed by atoms with E-state index >= 15 is 0 Å². The zero-order chi connectivity index (χ0) is 14.7. The molecule has 1 aromatic heterocycles. The first-order valence-corrected chi connectivity index (χ1v) is 7.57. The van der Waals surface area contributed by atoms with Gasteiger partial charge in [0.05, 0.1) is 6.54 Å². The number of hydrogen-bond acceptors (Lipinski definition) is 4. The summed E-state index contributed by atoms with van der Waals surface area (Å²) in [4.78, 5) is 28.7. The van der Waals surface area contributed by atoms with Crippen LogP contribution in [0, 0.1) is 5.92 Å². The van der Waals surface area contributed by atoms with Crippen molar-refractivity contribution in [1.29, 1.82) is 0 Å². The van der Waals surface area contributed by atoms with Crippen LogP contribution in [-0.2, 0) is 6.54 Å². The van der Waals surface area contributed by atoms with E-state index < -0.39 is 5.97 Å². The Morgan fingerprint density at radius 1 is 1.55 bits per heavy atom. The Morgan fingerprint density at radius 2 is 2.25 bits per heavy atom. The fourth-order valence-corrected chi connectivity index (χ4v) is 2.63. The number of rotatable bonds is 6. The smallest absolute Gasteiger partial charge is 0.355 e. The minimum Gasteiger partial charge on any atom is -0.476 e. The zero-order valence-electron chi connectivity index (χ0n) is 11.6. The Bertz CT molecular complexity index is 497. The Kier molecular flexibility index (Phi) is 4.59. The van der Waals surface area contributed by atoms with E-state index in [1.165, 1.54) is 16.7 Å². The van der Waals surface area contributed by atoms with Crippen LogP contribution < -0.4 is 5.32 Å². The standard InChI is InChI=1S/C13H19N3O3S/c1-8(2)6-16(9-3-4-9)13(19)14-5-11-15-10(7-20-11)12(17)18/h7-9H,3-6H2,1-2H3,(H,14,19)(H,17,18). The molecular weight excluding hydrogens is 278 g/mol. The van der Waals surface area contributed by atoms with Crippen LogP contribution in [0.15, 0.2) is 5.38 Å². The minimum absolute atomic E-state index is 0.0282. The van der Waals surface area contributed by atoms with Gasteiger partial charge < -0.3 is 15.3 Å². The quantitative estimate of drug-likeness (QED) is 0.843. The van der Waals surface area contributed by atoms with Gasteiger partial charge in [-0.1, -0.05) is 13.8 Å². The number of thiazole rings is 1. The van der Waals surface area contributed by atoms with E-state index in [4.69, 9.17) is 5.11 Å². The van der Waals surface area contributed by atoms with Crippen LogP contribution in [0.25, 0.3) is 0 Å². The number of carboxylic acid groups (broad SMARTS) is 1. The first-order chi connectivity index (χ1) is 9.47. The van der Waals surface area contributed by atoms with Crippen LogP contribution >= 0.6 is 11.3 Å². The summed E-state index contributed by atoms with van der Waals surface area (Å²) in [5.74, 6) is -0.613. The van der Waals surface area contributed by atoms with Gasteiger partial charge in [0.2, 0.25) is 0 Å². The van der Waals surface area contributed by atoms with Crippen molar-refractivity contribution in [3.05, 3.63) is 16.1 Å². The molecule has 2 N–H and O–H groups in total. The number of aromatic nitrogens is 1. The minimum atomic E-state index is -1.04. The molecule has 110 valence electrons. The van der Waals surface area contributed by atoms with Gasteiger partial charge in [-0.15, -0.1) is 11.3 Å². The molecule has 1 aliphatic rings. The van der Waals surface area contributed by atoms with E-state index in [0.717, 1.165) is 19.4 Å². The Labute approximate surface area is 121 Å². The fourth-order valence-electron chi connectivity index (χ4n) is 1.92. The van der Waals surface area contributed by atoms with Crippen molar-refractivity contribution < 1.29 is 14.7 Å². The van der Waals surface area contributed by atoms with E-state index in [-0.39, 0.29) is 18.3 Å². The van der Waals surface area contributed by atoms with Gasteiger partial charge in [0.1, 0.15) is 5.01 Å². The number of hydrogen-bond donors (Lipinski definition) is 2. The largest absolute Gasteiger partial charge is 0.476 e. The molecule has 1 aromatic rings. The maximum absolute atomic E-state index is 12.1. The van der Waals surface area contributed by atoms with Crippen molar-refractivity contribution in [3.63, 3.8) is 0 Å². The molecule has 20 heavy (non-hydrogen) atoms. The molecule has 0 spiro atoms. The van der Waals surface area contributed by atoms with Gasteiger partial charge in [-0.2, -0.15) is 0 Å². The molecule has 0 unspecified atom stereocenters. The lowest BCUT2D eigenvalue weighted by atomic mass is 10.2. The summed E-state index contributed by atoms with van der Waals surface area (Å²) in [6, 6.07) is 0.275. The highest BCUT2D eigenvalue weighted by atomic mass is 32.1. The number of aromatic carboxylic acids is 1. The number of urea groups is 1. The lowest BCUT2D eigenvalue weighted by Crippen LogP contribution is -2.42. The number of carboxylic acids is 1. The Hall–Kier alpha value is -1.63. The Balaban J connectivity index is 1.87. The van der Waals surface area contributed by atoms with Crippen molar-refractivity contribution in [2.45, 2.75) is 39.3 Å². The van der Waals surface area contributed by atoms with Crippen LogP contribution in [0.3, 0.4) is 0 Å². The van der Waals surface area contributed by atoms with E-state index in [2.05, 4.69) is 24.1 Å². The number of carbonyl (C=O) groups is 2. The second kappa shape index (κ2) is 6.21. The van der Waals surface area contributed by atoms with E-state index in [1.54, 1.807) is 0 Å². The molecule has 1 fully saturated rings. The SMILES string of the molecule is CC(C)CN(C(=O)NCc1nc(C(=O)O)cs1)C1CC1. The van der Waals surface area contributed by atoms with Crippen LogP contribution in [-0.4, -0.2) is 39.6 Å². The average molecular weight is 297 g/mol. The molecule has 0 aromatic carbocycles. The van der Waals surface area contributed by atoms with Crippen LogP contribution in [0.2, 0.25) is 0 Å². The third-order valence-electron chi connectivity index (χ3n) is 2.97. The molecule has 1 aliphatic carbocycles. The summed E-state index contributed by atoms with van der Waals surface area (Å²) < 4.78 is 0. The molecule has 0 saturated heterocycles. The van der Waals surface area contributed by atoms with E-state index in [0.29, 0.717) is 17.0 Å². The molecule has 0 radical (unpaired) electrons. The van der Waals surface area contributed by atoms with E-state index in [9.17, 15) is 9.59 Å². The van der Waals surface area contributed by atoms with Gasteiger partial charge in [0.25, 0.3) is 0 Å². The van der Waals surface area contributed by atoms with Gasteiger partial charge in [-0.3, -0.25) is 0 Å². The number of nitrogens with zero attached hydrogens (tertiary/aromatic N) is 2. The van der Waals surface area contributed by atoms with Crippen molar-refractivity contribution in [2.75, 3.05) is 6.54 Å². The van der Waals surface area contributed by atoms with Gasteiger partial charge in [0, 0.05) is 18.0 Å². The summed E-state index contributed by atoms with van der Waals surface area (Å²) in [7, 11) is 0. The second-order valence-corrected chi connectivity index (χ2v) is 6.31. The predicted octanol–water partition coefficient (Wildman–Crippen LogP) is 2.17. The first kappa shape index (κ1) is 14.8. The maximum atomic E-state index is 12.1. The molecular formula is C13H19N3O3S. The first-order valence-electron chi connectivity index (χ1n) is 6.69. The fraction of sp³-hybridized carbons (Fsp3) is 0.615. The van der Waals surface area contributed by atoms with Crippen LogP contribution in [0.5, 0.6) is 0 Å². The van der Waals surface area contributed by atoms with Crippen molar-refractivity contribution >= 4 is 23.3 Å². The summed E-state index contributed by atoms with van der Waals surface area (Å²) in [6.45, 7) is 5.19. The highest BCUT2D eigenvalue weighted by Crippen LogP contribution is 2.27. The third-order valence-corrected chi connectivity index (χ3v) is 3.82. The zero-order valence-corrected chi connectivity index (χ0v) is 12.4. The molecule has 0 bridgehead atoms. The van der Waals surface area contributed by atoms with Gasteiger partial charge >= 0.3 is 12.0 Å². The number of nitrogens with one attached hydrogen (secondary N) is 1. The van der Waals surface area contributed by atoms with Gasteiger partial charge in [-0.25, -0.2) is 14.6 Å². The summed E-state index contributed by atoms with van der Waals surface area (Å²) >= 11 is 1.24. The lowest BCUT2D eigenvalue weighted by molar-refractivity contribution is 0.0691. The normalized spacial score (nSPS) is 14.3.